The van der Waals surface area contributed by atoms with Crippen molar-refractivity contribution in [3.05, 3.63) is 88.4 Å². The van der Waals surface area contributed by atoms with Crippen molar-refractivity contribution in [1.29, 1.82) is 0 Å². The minimum Gasteiger partial charge on any atom is -0.497 e. The van der Waals surface area contributed by atoms with E-state index in [1.807, 2.05) is 32.9 Å². The maximum absolute atomic E-state index is 14.0. The Hall–Kier alpha value is -3.37. The summed E-state index contributed by atoms with van der Waals surface area (Å²) in [6.45, 7) is 5.78. The molecule has 8 nitrogen and oxygen atoms in total. The molecule has 0 saturated carbocycles. The van der Waals surface area contributed by atoms with E-state index in [2.05, 4.69) is 21.2 Å². The van der Waals surface area contributed by atoms with Crippen molar-refractivity contribution >= 4 is 43.5 Å². The molecule has 0 unspecified atom stereocenters. The summed E-state index contributed by atoms with van der Waals surface area (Å²) in [4.78, 5) is 28.7. The minimum atomic E-state index is -4.11. The van der Waals surface area contributed by atoms with E-state index in [1.54, 1.807) is 55.6 Å². The number of methoxy groups -OCH3 is 1. The van der Waals surface area contributed by atoms with E-state index >= 15 is 0 Å². The summed E-state index contributed by atoms with van der Waals surface area (Å²) in [5.74, 6) is -0.101. The summed E-state index contributed by atoms with van der Waals surface area (Å²) in [7, 11) is -2.54. The van der Waals surface area contributed by atoms with Crippen LogP contribution in [-0.4, -0.2) is 51.4 Å². The number of aryl methyl sites for hydroxylation is 1. The fourth-order valence-corrected chi connectivity index (χ4v) is 5.87. The molecule has 0 radical (unpaired) electrons. The van der Waals surface area contributed by atoms with Gasteiger partial charge in [0.15, 0.2) is 0 Å². The number of anilines is 1. The molecule has 40 heavy (non-hydrogen) atoms. The Bertz CT molecular complexity index is 1380. The monoisotopic (exact) mass is 629 g/mol. The van der Waals surface area contributed by atoms with Crippen LogP contribution >= 0.6 is 15.9 Å². The lowest BCUT2D eigenvalue weighted by atomic mass is 10.1. The first-order chi connectivity index (χ1) is 19.1. The van der Waals surface area contributed by atoms with Crippen molar-refractivity contribution in [1.82, 2.24) is 10.2 Å². The molecule has 3 aromatic rings. The van der Waals surface area contributed by atoms with Crippen molar-refractivity contribution in [3.63, 3.8) is 0 Å². The molecule has 3 rings (SSSR count). The van der Waals surface area contributed by atoms with Crippen molar-refractivity contribution in [2.45, 2.75) is 51.1 Å². The van der Waals surface area contributed by atoms with Crippen LogP contribution in [0.4, 0.5) is 5.69 Å². The molecular weight excluding hydrogens is 594 g/mol. The highest BCUT2D eigenvalue weighted by Gasteiger charge is 2.33. The Morgan fingerprint density at radius 3 is 2.12 bits per heavy atom. The Kier molecular flexibility index (Phi) is 11.2. The maximum atomic E-state index is 14.0. The quantitative estimate of drug-likeness (QED) is 0.277. The molecule has 3 aromatic carbocycles. The predicted octanol–water partition coefficient (Wildman–Crippen LogP) is 5.30. The van der Waals surface area contributed by atoms with Gasteiger partial charge in [-0.1, -0.05) is 59.6 Å². The standard InChI is InChI=1S/C30H36BrN3O5S/c1-5-19-32-30(36)28(6-2)33(20-23-9-15-26(39-4)16-10-23)29(35)21-34(25-13-11-24(31)12-14-25)40(37,38)27-17-7-22(3)8-18-27/h7-18,28H,5-6,19-21H2,1-4H3,(H,32,36)/t28-/m0/s1. The highest BCUT2D eigenvalue weighted by atomic mass is 79.9. The van der Waals surface area contributed by atoms with Crippen LogP contribution in [0.15, 0.2) is 82.2 Å². The summed E-state index contributed by atoms with van der Waals surface area (Å²) in [6, 6.07) is 19.7. The minimum absolute atomic E-state index is 0.0725. The third kappa shape index (κ3) is 7.85. The van der Waals surface area contributed by atoms with E-state index in [4.69, 9.17) is 4.74 Å². The van der Waals surface area contributed by atoms with Gasteiger partial charge in [-0.15, -0.1) is 0 Å². The Morgan fingerprint density at radius 2 is 1.57 bits per heavy atom. The zero-order chi connectivity index (χ0) is 29.3. The van der Waals surface area contributed by atoms with E-state index < -0.39 is 28.5 Å². The number of amides is 2. The van der Waals surface area contributed by atoms with Gasteiger partial charge in [0.2, 0.25) is 11.8 Å². The predicted molar refractivity (Wildman–Crippen MR) is 161 cm³/mol. The molecule has 0 aliphatic rings. The van der Waals surface area contributed by atoms with E-state index in [0.29, 0.717) is 24.4 Å². The van der Waals surface area contributed by atoms with Crippen LogP contribution in [0.3, 0.4) is 0 Å². The fourth-order valence-electron chi connectivity index (χ4n) is 4.19. The molecule has 1 N–H and O–H groups in total. The molecule has 0 bridgehead atoms. The summed E-state index contributed by atoms with van der Waals surface area (Å²) in [5.41, 5.74) is 2.04. The maximum Gasteiger partial charge on any atom is 0.264 e. The number of hydrogen-bond donors (Lipinski definition) is 1. The summed E-state index contributed by atoms with van der Waals surface area (Å²) >= 11 is 3.39. The zero-order valence-electron chi connectivity index (χ0n) is 23.3. The molecule has 2 amide bonds. The zero-order valence-corrected chi connectivity index (χ0v) is 25.7. The first-order valence-corrected chi connectivity index (χ1v) is 15.4. The molecule has 0 heterocycles. The number of hydrogen-bond acceptors (Lipinski definition) is 5. The van der Waals surface area contributed by atoms with Crippen molar-refractivity contribution in [2.75, 3.05) is 24.5 Å². The first kappa shape index (κ1) is 31.2. The second kappa shape index (κ2) is 14.3. The fraction of sp³-hybridized carbons (Fsp3) is 0.333. The summed E-state index contributed by atoms with van der Waals surface area (Å²) < 4.78 is 34.9. The number of halogens is 1. The Labute approximate surface area is 245 Å². The molecule has 0 aliphatic heterocycles. The normalized spacial score (nSPS) is 11.9. The number of carbonyl (C=O) groups is 2. The van der Waals surface area contributed by atoms with Crippen LogP contribution in [0.2, 0.25) is 0 Å². The van der Waals surface area contributed by atoms with E-state index in [0.717, 1.165) is 26.3 Å². The lowest BCUT2D eigenvalue weighted by Crippen LogP contribution is -2.52. The van der Waals surface area contributed by atoms with Crippen molar-refractivity contribution < 1.29 is 22.7 Å². The highest BCUT2D eigenvalue weighted by Crippen LogP contribution is 2.27. The molecule has 0 spiro atoms. The first-order valence-electron chi connectivity index (χ1n) is 13.2. The van der Waals surface area contributed by atoms with Gasteiger partial charge in [0, 0.05) is 17.6 Å². The summed E-state index contributed by atoms with van der Waals surface area (Å²) in [6.07, 6.45) is 1.11. The smallest absolute Gasteiger partial charge is 0.264 e. The average Bonchev–Trinajstić information content (AvgIpc) is 2.95. The van der Waals surface area contributed by atoms with Gasteiger partial charge in [0.1, 0.15) is 18.3 Å². The number of nitrogens with one attached hydrogen (secondary N) is 1. The highest BCUT2D eigenvalue weighted by molar-refractivity contribution is 9.10. The van der Waals surface area contributed by atoms with E-state index in [9.17, 15) is 18.0 Å². The second-order valence-electron chi connectivity index (χ2n) is 9.39. The second-order valence-corrected chi connectivity index (χ2v) is 12.2. The lowest BCUT2D eigenvalue weighted by molar-refractivity contribution is -0.140. The SMILES string of the molecule is CCCNC(=O)[C@H](CC)N(Cc1ccc(OC)cc1)C(=O)CN(c1ccc(Br)cc1)S(=O)(=O)c1ccc(C)cc1. The number of sulfonamides is 1. The van der Waals surface area contributed by atoms with Crippen LogP contribution in [0.25, 0.3) is 0 Å². The Balaban J connectivity index is 2.03. The number of benzene rings is 3. The molecule has 0 aliphatic carbocycles. The van der Waals surface area contributed by atoms with Crippen LogP contribution in [-0.2, 0) is 26.2 Å². The van der Waals surface area contributed by atoms with E-state index in [1.165, 1.54) is 17.0 Å². The van der Waals surface area contributed by atoms with Crippen LogP contribution in [0, 0.1) is 6.92 Å². The molecule has 10 heteroatoms. The third-order valence-electron chi connectivity index (χ3n) is 6.45. The van der Waals surface area contributed by atoms with Gasteiger partial charge in [-0.25, -0.2) is 8.42 Å². The van der Waals surface area contributed by atoms with Gasteiger partial charge in [-0.3, -0.25) is 13.9 Å². The number of rotatable bonds is 13. The van der Waals surface area contributed by atoms with Gasteiger partial charge in [0.25, 0.3) is 10.0 Å². The number of ether oxygens (including phenoxy) is 1. The van der Waals surface area contributed by atoms with Gasteiger partial charge < -0.3 is 15.0 Å². The molecular formula is C30H36BrN3O5S. The lowest BCUT2D eigenvalue weighted by Gasteiger charge is -2.33. The van der Waals surface area contributed by atoms with Gasteiger partial charge in [0.05, 0.1) is 17.7 Å². The number of carbonyl (C=O) groups excluding carboxylic acids is 2. The van der Waals surface area contributed by atoms with Crippen molar-refractivity contribution in [2.24, 2.45) is 0 Å². The molecule has 0 fully saturated rings. The third-order valence-corrected chi connectivity index (χ3v) is 8.77. The number of nitrogens with zero attached hydrogens (tertiary/aromatic N) is 2. The largest absolute Gasteiger partial charge is 0.497 e. The van der Waals surface area contributed by atoms with Crippen LogP contribution < -0.4 is 14.4 Å². The average molecular weight is 631 g/mol. The van der Waals surface area contributed by atoms with Crippen LogP contribution in [0.5, 0.6) is 5.75 Å². The van der Waals surface area contributed by atoms with Gasteiger partial charge >= 0.3 is 0 Å². The summed E-state index contributed by atoms with van der Waals surface area (Å²) in [5, 5.41) is 2.89. The molecule has 214 valence electrons. The Morgan fingerprint density at radius 1 is 0.950 bits per heavy atom. The van der Waals surface area contributed by atoms with Crippen molar-refractivity contribution in [3.8, 4) is 5.75 Å². The topological polar surface area (TPSA) is 96.0 Å². The van der Waals surface area contributed by atoms with Crippen LogP contribution in [0.1, 0.15) is 37.8 Å². The molecule has 0 aromatic heterocycles. The van der Waals surface area contributed by atoms with E-state index in [-0.39, 0.29) is 17.3 Å². The molecule has 1 atom stereocenters. The van der Waals surface area contributed by atoms with Gasteiger partial charge in [-0.2, -0.15) is 0 Å². The molecule has 0 saturated heterocycles. The van der Waals surface area contributed by atoms with Gasteiger partial charge in [-0.05, 0) is 73.9 Å².